The molecule has 0 saturated heterocycles. The minimum atomic E-state index is -0.707. The maximum atomic E-state index is 13.9. The number of rotatable bonds is 3. The van der Waals surface area contributed by atoms with Crippen LogP contribution in [0.5, 0.6) is 11.5 Å². The van der Waals surface area contributed by atoms with Crippen LogP contribution in [0.25, 0.3) is 0 Å². The third-order valence-electron chi connectivity index (χ3n) is 4.38. The third kappa shape index (κ3) is 3.21. The van der Waals surface area contributed by atoms with E-state index in [9.17, 15) is 13.6 Å². The molecular weight excluding hydrogens is 352 g/mol. The summed E-state index contributed by atoms with van der Waals surface area (Å²) in [4.78, 5) is 12.9. The van der Waals surface area contributed by atoms with Crippen LogP contribution >= 0.6 is 0 Å². The monoisotopic (exact) mass is 367 g/mol. The van der Waals surface area contributed by atoms with Gasteiger partial charge in [0.1, 0.15) is 29.7 Å². The van der Waals surface area contributed by atoms with Crippen molar-refractivity contribution in [3.05, 3.63) is 82.9 Å². The molecule has 0 fully saturated rings. The van der Waals surface area contributed by atoms with E-state index in [0.717, 1.165) is 11.6 Å². The molecule has 4 nitrogen and oxygen atoms in total. The Balaban J connectivity index is 1.68. The van der Waals surface area contributed by atoms with Gasteiger partial charge in [-0.15, -0.1) is 0 Å². The number of methoxy groups -OCH3 is 1. The van der Waals surface area contributed by atoms with E-state index < -0.39 is 11.6 Å². The number of carbonyl (C=O) groups excluding carboxylic acids is 1. The molecule has 3 aromatic carbocycles. The number of hydrogen-bond donors (Lipinski definition) is 1. The van der Waals surface area contributed by atoms with E-state index in [-0.39, 0.29) is 18.1 Å². The van der Waals surface area contributed by atoms with Gasteiger partial charge in [-0.1, -0.05) is 6.07 Å². The average molecular weight is 367 g/mol. The Morgan fingerprint density at radius 3 is 2.63 bits per heavy atom. The third-order valence-corrected chi connectivity index (χ3v) is 4.38. The number of fused-ring (bicyclic) bond motifs is 2. The Bertz CT molecular complexity index is 1050. The first-order valence-corrected chi connectivity index (χ1v) is 8.25. The number of hydrogen-bond acceptors (Lipinski definition) is 4. The average Bonchev–Trinajstić information content (AvgIpc) is 2.80. The van der Waals surface area contributed by atoms with Gasteiger partial charge in [-0.3, -0.25) is 4.79 Å². The van der Waals surface area contributed by atoms with Crippen LogP contribution < -0.4 is 14.8 Å². The minimum absolute atomic E-state index is 0.129. The van der Waals surface area contributed by atoms with Gasteiger partial charge in [-0.2, -0.15) is 0 Å². The molecule has 136 valence electrons. The largest absolute Gasteiger partial charge is 0.497 e. The van der Waals surface area contributed by atoms with Gasteiger partial charge in [-0.25, -0.2) is 8.78 Å². The van der Waals surface area contributed by atoms with Crippen LogP contribution in [-0.4, -0.2) is 12.9 Å². The summed E-state index contributed by atoms with van der Waals surface area (Å²) in [6.07, 6.45) is 0. The van der Waals surface area contributed by atoms with Crippen molar-refractivity contribution in [2.45, 2.75) is 6.61 Å². The molecule has 0 amide bonds. The first-order valence-electron chi connectivity index (χ1n) is 8.25. The molecule has 0 unspecified atom stereocenters. The van der Waals surface area contributed by atoms with Crippen molar-refractivity contribution in [3.63, 3.8) is 0 Å². The summed E-state index contributed by atoms with van der Waals surface area (Å²) in [5.74, 6) is -0.544. The van der Waals surface area contributed by atoms with Crippen LogP contribution in [0.15, 0.2) is 54.6 Å². The Morgan fingerprint density at radius 2 is 1.85 bits per heavy atom. The smallest absolute Gasteiger partial charge is 0.197 e. The maximum absolute atomic E-state index is 13.9. The van der Waals surface area contributed by atoms with Gasteiger partial charge >= 0.3 is 0 Å². The fourth-order valence-electron chi connectivity index (χ4n) is 2.97. The van der Waals surface area contributed by atoms with E-state index in [4.69, 9.17) is 9.47 Å². The molecule has 27 heavy (non-hydrogen) atoms. The van der Waals surface area contributed by atoms with Crippen LogP contribution in [0.3, 0.4) is 0 Å². The number of ether oxygens (including phenoxy) is 2. The fourth-order valence-corrected chi connectivity index (χ4v) is 2.97. The highest BCUT2D eigenvalue weighted by Gasteiger charge is 2.23. The van der Waals surface area contributed by atoms with Crippen LogP contribution in [-0.2, 0) is 6.61 Å². The molecule has 4 rings (SSSR count). The standard InChI is InChI=1S/C21H15F2NO3/c1-26-15-5-2-12-11-27-20-9-14(4-6-16(20)21(25)17(12)10-15)24-19-7-3-13(22)8-18(19)23/h2-10,24H,11H2,1H3. The SMILES string of the molecule is COc1ccc2c(c1)C(=O)c1ccc(Nc3ccc(F)cc3F)cc1OC2. The zero-order valence-corrected chi connectivity index (χ0v) is 14.4. The number of benzene rings is 3. The molecule has 6 heteroatoms. The molecule has 1 heterocycles. The lowest BCUT2D eigenvalue weighted by Gasteiger charge is -2.11. The van der Waals surface area contributed by atoms with Crippen molar-refractivity contribution in [2.75, 3.05) is 12.4 Å². The molecule has 1 aliphatic heterocycles. The molecular formula is C21H15F2NO3. The lowest BCUT2D eigenvalue weighted by molar-refractivity contribution is 0.103. The second kappa shape index (κ2) is 6.72. The van der Waals surface area contributed by atoms with Gasteiger partial charge in [0.15, 0.2) is 5.78 Å². The van der Waals surface area contributed by atoms with Gasteiger partial charge in [0.2, 0.25) is 0 Å². The first-order chi connectivity index (χ1) is 13.0. The summed E-state index contributed by atoms with van der Waals surface area (Å²) in [5.41, 5.74) is 2.35. The predicted molar refractivity (Wildman–Crippen MR) is 96.8 cm³/mol. The summed E-state index contributed by atoms with van der Waals surface area (Å²) in [7, 11) is 1.54. The highest BCUT2D eigenvalue weighted by atomic mass is 19.1. The summed E-state index contributed by atoms with van der Waals surface area (Å²) >= 11 is 0. The van der Waals surface area contributed by atoms with E-state index in [0.29, 0.717) is 28.3 Å². The van der Waals surface area contributed by atoms with Crippen molar-refractivity contribution in [1.82, 2.24) is 0 Å². The molecule has 0 aliphatic carbocycles. The van der Waals surface area contributed by atoms with Crippen LogP contribution in [0, 0.1) is 11.6 Å². The van der Waals surface area contributed by atoms with Crippen molar-refractivity contribution in [2.24, 2.45) is 0 Å². The quantitative estimate of drug-likeness (QED) is 0.720. The summed E-state index contributed by atoms with van der Waals surface area (Å²) in [6.45, 7) is 0.229. The predicted octanol–water partition coefficient (Wildman–Crippen LogP) is 4.84. The molecule has 0 saturated carbocycles. The Kier molecular flexibility index (Phi) is 4.24. The van der Waals surface area contributed by atoms with Crippen LogP contribution in [0.4, 0.5) is 20.2 Å². The van der Waals surface area contributed by atoms with E-state index >= 15 is 0 Å². The zero-order chi connectivity index (χ0) is 19.0. The number of carbonyl (C=O) groups is 1. The van der Waals surface area contributed by atoms with Gasteiger partial charge in [0, 0.05) is 28.9 Å². The lowest BCUT2D eigenvalue weighted by atomic mass is 9.98. The van der Waals surface area contributed by atoms with E-state index in [1.54, 1.807) is 43.5 Å². The van der Waals surface area contributed by atoms with E-state index in [2.05, 4.69) is 5.32 Å². The molecule has 1 N–H and O–H groups in total. The molecule has 3 aromatic rings. The summed E-state index contributed by atoms with van der Waals surface area (Å²) in [5, 5.41) is 2.87. The van der Waals surface area contributed by atoms with Gasteiger partial charge in [-0.05, 0) is 36.4 Å². The van der Waals surface area contributed by atoms with Crippen molar-refractivity contribution < 1.29 is 23.0 Å². The molecule has 0 bridgehead atoms. The van der Waals surface area contributed by atoms with Gasteiger partial charge in [0.05, 0.1) is 18.4 Å². The fraction of sp³-hybridized carbons (Fsp3) is 0.0952. The molecule has 0 atom stereocenters. The topological polar surface area (TPSA) is 47.6 Å². The second-order valence-electron chi connectivity index (χ2n) is 6.10. The summed E-state index contributed by atoms with van der Waals surface area (Å²) in [6, 6.07) is 13.4. The van der Waals surface area contributed by atoms with Gasteiger partial charge < -0.3 is 14.8 Å². The van der Waals surface area contributed by atoms with E-state index in [1.807, 2.05) is 0 Å². The highest BCUT2D eigenvalue weighted by molar-refractivity contribution is 6.12. The molecule has 1 aliphatic rings. The van der Waals surface area contributed by atoms with Gasteiger partial charge in [0.25, 0.3) is 0 Å². The van der Waals surface area contributed by atoms with Crippen molar-refractivity contribution >= 4 is 17.2 Å². The minimum Gasteiger partial charge on any atom is -0.497 e. The van der Waals surface area contributed by atoms with Crippen molar-refractivity contribution in [3.8, 4) is 11.5 Å². The van der Waals surface area contributed by atoms with Crippen molar-refractivity contribution in [1.29, 1.82) is 0 Å². The number of halogens is 2. The molecule has 0 radical (unpaired) electrons. The number of ketones is 1. The van der Waals surface area contributed by atoms with Crippen LogP contribution in [0.1, 0.15) is 21.5 Å². The Labute approximate surface area is 154 Å². The Hall–Kier alpha value is -3.41. The van der Waals surface area contributed by atoms with E-state index in [1.165, 1.54) is 12.1 Å². The molecule has 0 spiro atoms. The number of nitrogens with one attached hydrogen (secondary N) is 1. The number of anilines is 2. The zero-order valence-electron chi connectivity index (χ0n) is 14.4. The second-order valence-corrected chi connectivity index (χ2v) is 6.10. The maximum Gasteiger partial charge on any atom is 0.197 e. The molecule has 0 aromatic heterocycles. The lowest BCUT2D eigenvalue weighted by Crippen LogP contribution is -2.03. The normalized spacial score (nSPS) is 12.5. The highest BCUT2D eigenvalue weighted by Crippen LogP contribution is 2.33. The Morgan fingerprint density at radius 1 is 1.00 bits per heavy atom. The summed E-state index contributed by atoms with van der Waals surface area (Å²) < 4.78 is 37.9. The first kappa shape index (κ1) is 17.0. The van der Waals surface area contributed by atoms with Crippen LogP contribution in [0.2, 0.25) is 0 Å².